The molecule has 0 bridgehead atoms. The van der Waals surface area contributed by atoms with Gasteiger partial charge >= 0.3 is 0 Å². The molecule has 3 aromatic rings. The lowest BCUT2D eigenvalue weighted by Gasteiger charge is -2.12. The van der Waals surface area contributed by atoms with E-state index < -0.39 is 0 Å². The Morgan fingerprint density at radius 3 is 2.86 bits per heavy atom. The number of nitrogens with zero attached hydrogens (tertiary/aromatic N) is 1. The lowest BCUT2D eigenvalue weighted by Crippen LogP contribution is -2.07. The number of aromatic nitrogens is 2. The van der Waals surface area contributed by atoms with Crippen molar-refractivity contribution in [3.05, 3.63) is 57.3 Å². The maximum absolute atomic E-state index is 13.3. The zero-order chi connectivity index (χ0) is 15.0. The first-order valence-corrected chi connectivity index (χ1v) is 6.83. The van der Waals surface area contributed by atoms with Gasteiger partial charge in [-0.2, -0.15) is 0 Å². The number of hydrogen-bond donors (Lipinski definition) is 3. The smallest absolute Gasteiger partial charge is 0.258 e. The molecule has 1 aromatic heterocycles. The summed E-state index contributed by atoms with van der Waals surface area (Å²) in [6.07, 6.45) is 1.32. The zero-order valence-electron chi connectivity index (χ0n) is 10.7. The zero-order valence-corrected chi connectivity index (χ0v) is 12.2. The second kappa shape index (κ2) is 5.17. The van der Waals surface area contributed by atoms with Gasteiger partial charge in [0.25, 0.3) is 5.56 Å². The highest BCUT2D eigenvalue weighted by atomic mass is 79.9. The van der Waals surface area contributed by atoms with Crippen molar-refractivity contribution in [3.63, 3.8) is 0 Å². The summed E-state index contributed by atoms with van der Waals surface area (Å²) in [6, 6.07) is 7.48. The van der Waals surface area contributed by atoms with Crippen molar-refractivity contribution in [1.29, 1.82) is 0 Å². The molecular weight excluding hydrogens is 339 g/mol. The lowest BCUT2D eigenvalue weighted by molar-refractivity contribution is 0.628. The molecule has 0 aliphatic carbocycles. The van der Waals surface area contributed by atoms with Crippen molar-refractivity contribution in [3.8, 4) is 0 Å². The number of halogens is 2. The van der Waals surface area contributed by atoms with Crippen LogP contribution in [-0.4, -0.2) is 9.97 Å². The number of nitrogens with one attached hydrogen (secondary N) is 2. The molecule has 1 heterocycles. The number of H-pyrrole nitrogens is 1. The molecule has 3 rings (SSSR count). The first-order chi connectivity index (χ1) is 10.0. The summed E-state index contributed by atoms with van der Waals surface area (Å²) in [5.74, 6) is -0.366. The van der Waals surface area contributed by atoms with E-state index in [0.29, 0.717) is 32.4 Å². The van der Waals surface area contributed by atoms with Crippen LogP contribution in [-0.2, 0) is 0 Å². The number of nitrogens with two attached hydrogens (primary N) is 1. The molecule has 0 aliphatic heterocycles. The van der Waals surface area contributed by atoms with Crippen LogP contribution >= 0.6 is 15.9 Å². The van der Waals surface area contributed by atoms with Crippen LogP contribution in [0.15, 0.2) is 45.9 Å². The van der Waals surface area contributed by atoms with Gasteiger partial charge in [-0.1, -0.05) is 0 Å². The largest absolute Gasteiger partial charge is 0.397 e. The minimum Gasteiger partial charge on any atom is -0.397 e. The van der Waals surface area contributed by atoms with Crippen LogP contribution in [0.5, 0.6) is 0 Å². The molecule has 0 saturated heterocycles. The standard InChI is InChI=1S/C14H10BrFN4O/c15-9-2-1-7(16)3-12(9)20-13-5-11-8(4-10(13)17)14(21)19-6-18-11/h1-6,20H,17H2,(H,18,19,21). The summed E-state index contributed by atoms with van der Waals surface area (Å²) in [7, 11) is 0. The highest BCUT2D eigenvalue weighted by Gasteiger charge is 2.08. The van der Waals surface area contributed by atoms with E-state index in [0.717, 1.165) is 0 Å². The molecule has 2 aromatic carbocycles. The van der Waals surface area contributed by atoms with E-state index in [1.54, 1.807) is 12.1 Å². The van der Waals surface area contributed by atoms with E-state index in [4.69, 9.17) is 5.73 Å². The summed E-state index contributed by atoms with van der Waals surface area (Å²) < 4.78 is 14.0. The van der Waals surface area contributed by atoms with Gasteiger partial charge in [-0.15, -0.1) is 0 Å². The van der Waals surface area contributed by atoms with E-state index in [2.05, 4.69) is 31.2 Å². The number of nitrogen functional groups attached to an aromatic ring is 1. The average molecular weight is 349 g/mol. The fourth-order valence-corrected chi connectivity index (χ4v) is 2.32. The van der Waals surface area contributed by atoms with E-state index in [-0.39, 0.29) is 11.4 Å². The molecule has 0 radical (unpaired) electrons. The van der Waals surface area contributed by atoms with Gasteiger partial charge in [0, 0.05) is 4.47 Å². The Bertz CT molecular complexity index is 894. The first kappa shape index (κ1) is 13.6. The third-order valence-electron chi connectivity index (χ3n) is 3.01. The molecule has 4 N–H and O–H groups in total. The monoisotopic (exact) mass is 348 g/mol. The van der Waals surface area contributed by atoms with Crippen LogP contribution in [0.4, 0.5) is 21.5 Å². The summed E-state index contributed by atoms with van der Waals surface area (Å²) in [5.41, 5.74) is 7.64. The van der Waals surface area contributed by atoms with Crippen LogP contribution in [0.2, 0.25) is 0 Å². The minimum absolute atomic E-state index is 0.259. The molecule has 0 unspecified atom stereocenters. The normalized spacial score (nSPS) is 10.8. The quantitative estimate of drug-likeness (QED) is 0.621. The molecule has 7 heteroatoms. The molecule has 0 aliphatic rings. The molecule has 0 amide bonds. The van der Waals surface area contributed by atoms with Gasteiger partial charge in [-0.25, -0.2) is 9.37 Å². The molecule has 0 saturated carbocycles. The Balaban J connectivity index is 2.10. The predicted molar refractivity (Wildman–Crippen MR) is 84.2 cm³/mol. The van der Waals surface area contributed by atoms with Crippen LogP contribution in [0.1, 0.15) is 0 Å². The topological polar surface area (TPSA) is 83.8 Å². The van der Waals surface area contributed by atoms with Crippen molar-refractivity contribution < 1.29 is 4.39 Å². The second-order valence-corrected chi connectivity index (χ2v) is 5.29. The Morgan fingerprint density at radius 2 is 2.05 bits per heavy atom. The molecule has 5 nitrogen and oxygen atoms in total. The van der Waals surface area contributed by atoms with Crippen LogP contribution < -0.4 is 16.6 Å². The van der Waals surface area contributed by atoms with E-state index in [1.165, 1.54) is 24.5 Å². The van der Waals surface area contributed by atoms with Gasteiger partial charge in [-0.3, -0.25) is 4.79 Å². The summed E-state index contributed by atoms with van der Waals surface area (Å²) in [6.45, 7) is 0. The maximum Gasteiger partial charge on any atom is 0.258 e. The molecule has 21 heavy (non-hydrogen) atoms. The third kappa shape index (κ3) is 2.59. The Labute approximate surface area is 127 Å². The number of hydrogen-bond acceptors (Lipinski definition) is 4. The van der Waals surface area contributed by atoms with Gasteiger partial charge in [0.15, 0.2) is 0 Å². The SMILES string of the molecule is Nc1cc2c(=O)[nH]cnc2cc1Nc1cc(F)ccc1Br. The van der Waals surface area contributed by atoms with E-state index in [9.17, 15) is 9.18 Å². The number of rotatable bonds is 2. The number of fused-ring (bicyclic) bond motifs is 1. The molecular formula is C14H10BrFN4O. The molecule has 0 fully saturated rings. The van der Waals surface area contributed by atoms with Crippen LogP contribution in [0, 0.1) is 5.82 Å². The van der Waals surface area contributed by atoms with Crippen LogP contribution in [0.25, 0.3) is 10.9 Å². The van der Waals surface area contributed by atoms with E-state index in [1.807, 2.05) is 0 Å². The average Bonchev–Trinajstić information content (AvgIpc) is 2.45. The first-order valence-electron chi connectivity index (χ1n) is 6.03. The third-order valence-corrected chi connectivity index (χ3v) is 3.70. The minimum atomic E-state index is -0.366. The van der Waals surface area contributed by atoms with Crippen LogP contribution in [0.3, 0.4) is 0 Å². The van der Waals surface area contributed by atoms with Gasteiger partial charge in [0.2, 0.25) is 0 Å². The van der Waals surface area contributed by atoms with Crippen molar-refractivity contribution in [2.75, 3.05) is 11.1 Å². The van der Waals surface area contributed by atoms with E-state index >= 15 is 0 Å². The molecule has 0 atom stereocenters. The number of benzene rings is 2. The van der Waals surface area contributed by atoms with Gasteiger partial charge in [-0.05, 0) is 46.3 Å². The maximum atomic E-state index is 13.3. The Kier molecular flexibility index (Phi) is 3.34. The van der Waals surface area contributed by atoms with Gasteiger partial charge < -0.3 is 16.0 Å². The fourth-order valence-electron chi connectivity index (χ4n) is 1.98. The predicted octanol–water partition coefficient (Wildman–Crippen LogP) is 3.15. The number of aromatic amines is 1. The highest BCUT2D eigenvalue weighted by molar-refractivity contribution is 9.10. The van der Waals surface area contributed by atoms with Gasteiger partial charge in [0.1, 0.15) is 5.82 Å². The Morgan fingerprint density at radius 1 is 1.24 bits per heavy atom. The molecule has 0 spiro atoms. The fraction of sp³-hybridized carbons (Fsp3) is 0. The van der Waals surface area contributed by atoms with Crippen molar-refractivity contribution in [2.24, 2.45) is 0 Å². The number of anilines is 3. The second-order valence-electron chi connectivity index (χ2n) is 4.44. The highest BCUT2D eigenvalue weighted by Crippen LogP contribution is 2.30. The lowest BCUT2D eigenvalue weighted by atomic mass is 10.2. The van der Waals surface area contributed by atoms with Crippen molar-refractivity contribution in [1.82, 2.24) is 9.97 Å². The summed E-state index contributed by atoms with van der Waals surface area (Å²) in [4.78, 5) is 18.2. The summed E-state index contributed by atoms with van der Waals surface area (Å²) in [5, 5.41) is 3.43. The van der Waals surface area contributed by atoms with Gasteiger partial charge in [0.05, 0.1) is 34.3 Å². The van der Waals surface area contributed by atoms with Crippen molar-refractivity contribution in [2.45, 2.75) is 0 Å². The summed E-state index contributed by atoms with van der Waals surface area (Å²) >= 11 is 3.33. The Hall–Kier alpha value is -2.41. The molecule has 106 valence electrons. The van der Waals surface area contributed by atoms with Crippen molar-refractivity contribution >= 4 is 43.9 Å².